The lowest BCUT2D eigenvalue weighted by Gasteiger charge is -2.42. The van der Waals surface area contributed by atoms with E-state index in [1.165, 1.54) is 0 Å². The van der Waals surface area contributed by atoms with E-state index < -0.39 is 17.5 Å². The number of hydrogen-bond acceptors (Lipinski definition) is 3. The molecule has 0 spiro atoms. The minimum absolute atomic E-state index is 0.270. The summed E-state index contributed by atoms with van der Waals surface area (Å²) in [5, 5.41) is 18.9. The fraction of sp³-hybridized carbons (Fsp3) is 0.278. The van der Waals surface area contributed by atoms with Crippen LogP contribution in [0, 0.1) is 0 Å². The van der Waals surface area contributed by atoms with Gasteiger partial charge < -0.3 is 14.9 Å². The maximum absolute atomic E-state index is 11.5. The van der Waals surface area contributed by atoms with E-state index in [0.29, 0.717) is 12.4 Å². The van der Waals surface area contributed by atoms with Crippen LogP contribution in [0.2, 0.25) is 0 Å². The molecule has 1 fully saturated rings. The lowest BCUT2D eigenvalue weighted by atomic mass is 9.63. The van der Waals surface area contributed by atoms with E-state index in [2.05, 4.69) is 0 Å². The molecular formula is C18H18O4. The number of ether oxygens (including phenoxy) is 1. The Morgan fingerprint density at radius 2 is 1.73 bits per heavy atom. The molecule has 1 aliphatic carbocycles. The summed E-state index contributed by atoms with van der Waals surface area (Å²) in [5.41, 5.74) is 0.852. The average Bonchev–Trinajstić information content (AvgIpc) is 2.51. The van der Waals surface area contributed by atoms with Crippen molar-refractivity contribution in [2.45, 2.75) is 31.0 Å². The van der Waals surface area contributed by atoms with E-state index in [9.17, 15) is 15.0 Å². The molecule has 1 aliphatic rings. The molecule has 0 atom stereocenters. The Balaban J connectivity index is 1.69. The first-order chi connectivity index (χ1) is 10.6. The Morgan fingerprint density at radius 1 is 1.09 bits per heavy atom. The summed E-state index contributed by atoms with van der Waals surface area (Å²) in [6, 6.07) is 17.0. The van der Waals surface area contributed by atoms with E-state index in [1.807, 2.05) is 30.3 Å². The van der Waals surface area contributed by atoms with Gasteiger partial charge in [0.25, 0.3) is 0 Å². The van der Waals surface area contributed by atoms with Gasteiger partial charge in [-0.3, -0.25) is 4.79 Å². The Kier molecular flexibility index (Phi) is 3.86. The van der Waals surface area contributed by atoms with Gasteiger partial charge in [-0.2, -0.15) is 0 Å². The summed E-state index contributed by atoms with van der Waals surface area (Å²) in [6.45, 7) is 0.475. The molecule has 22 heavy (non-hydrogen) atoms. The first kappa shape index (κ1) is 14.6. The van der Waals surface area contributed by atoms with Crippen LogP contribution in [0.1, 0.15) is 24.0 Å². The lowest BCUT2D eigenvalue weighted by molar-refractivity contribution is -0.152. The van der Waals surface area contributed by atoms with Crippen molar-refractivity contribution in [3.8, 4) is 5.75 Å². The van der Waals surface area contributed by atoms with E-state index in [-0.39, 0.29) is 12.8 Å². The molecule has 3 rings (SSSR count). The average molecular weight is 298 g/mol. The second-order valence-corrected chi connectivity index (χ2v) is 5.75. The molecule has 4 heteroatoms. The monoisotopic (exact) mass is 298 g/mol. The number of carboxylic acids is 1. The first-order valence-electron chi connectivity index (χ1n) is 7.29. The third-order valence-corrected chi connectivity index (χ3v) is 4.23. The normalized spacial score (nSPS) is 23.6. The highest BCUT2D eigenvalue weighted by molar-refractivity contribution is 5.83. The van der Waals surface area contributed by atoms with Crippen molar-refractivity contribution in [2.75, 3.05) is 0 Å². The number of hydrogen-bond donors (Lipinski definition) is 2. The van der Waals surface area contributed by atoms with Crippen LogP contribution in [0.15, 0.2) is 54.6 Å². The minimum atomic E-state index is -0.947. The largest absolute Gasteiger partial charge is 0.489 e. The van der Waals surface area contributed by atoms with Gasteiger partial charge in [-0.25, -0.2) is 0 Å². The third-order valence-electron chi connectivity index (χ3n) is 4.23. The van der Waals surface area contributed by atoms with Crippen LogP contribution >= 0.6 is 0 Å². The zero-order valence-corrected chi connectivity index (χ0v) is 12.1. The quantitative estimate of drug-likeness (QED) is 0.890. The van der Waals surface area contributed by atoms with Gasteiger partial charge in [0.2, 0.25) is 0 Å². The van der Waals surface area contributed by atoms with Crippen LogP contribution in [0.3, 0.4) is 0 Å². The van der Waals surface area contributed by atoms with Crippen molar-refractivity contribution < 1.29 is 19.7 Å². The van der Waals surface area contributed by atoms with E-state index in [1.54, 1.807) is 24.3 Å². The molecule has 0 bridgehead atoms. The van der Waals surface area contributed by atoms with Crippen LogP contribution in [0.5, 0.6) is 5.75 Å². The molecule has 0 amide bonds. The fourth-order valence-corrected chi connectivity index (χ4v) is 2.89. The van der Waals surface area contributed by atoms with Gasteiger partial charge in [0.15, 0.2) is 0 Å². The summed E-state index contributed by atoms with van der Waals surface area (Å²) in [7, 11) is 0. The Labute approximate surface area is 129 Å². The lowest BCUT2D eigenvalue weighted by Crippen LogP contribution is -2.50. The van der Waals surface area contributed by atoms with Crippen molar-refractivity contribution in [3.63, 3.8) is 0 Å². The number of aliphatic hydroxyl groups is 1. The molecule has 0 saturated heterocycles. The summed E-state index contributed by atoms with van der Waals surface area (Å²) in [5.74, 6) is -0.177. The van der Waals surface area contributed by atoms with E-state index in [4.69, 9.17) is 4.74 Å². The van der Waals surface area contributed by atoms with E-state index in [0.717, 1.165) is 11.1 Å². The molecule has 0 heterocycles. The van der Waals surface area contributed by atoms with Crippen molar-refractivity contribution in [1.29, 1.82) is 0 Å². The Hall–Kier alpha value is -2.33. The number of carbonyl (C=O) groups is 1. The van der Waals surface area contributed by atoms with Crippen LogP contribution in [0.25, 0.3) is 0 Å². The van der Waals surface area contributed by atoms with Gasteiger partial charge in [0, 0.05) is 0 Å². The molecule has 114 valence electrons. The van der Waals surface area contributed by atoms with Crippen LogP contribution < -0.4 is 4.74 Å². The SMILES string of the molecule is O=C(O)C1(c2ccc(OCc3ccccc3)cc2)CC(O)C1. The Morgan fingerprint density at radius 3 is 2.27 bits per heavy atom. The van der Waals surface area contributed by atoms with Gasteiger partial charge in [-0.1, -0.05) is 42.5 Å². The smallest absolute Gasteiger partial charge is 0.314 e. The molecule has 0 aromatic heterocycles. The van der Waals surface area contributed by atoms with E-state index >= 15 is 0 Å². The number of carboxylic acid groups (broad SMARTS) is 1. The molecule has 2 aromatic carbocycles. The molecule has 2 N–H and O–H groups in total. The van der Waals surface area contributed by atoms with Crippen LogP contribution in [0.4, 0.5) is 0 Å². The van der Waals surface area contributed by atoms with Gasteiger partial charge in [0.1, 0.15) is 12.4 Å². The van der Waals surface area contributed by atoms with Crippen LogP contribution in [-0.2, 0) is 16.8 Å². The second kappa shape index (κ2) is 5.81. The predicted octanol–water partition coefficient (Wildman–Crippen LogP) is 2.74. The molecule has 0 radical (unpaired) electrons. The molecule has 0 aliphatic heterocycles. The van der Waals surface area contributed by atoms with Crippen molar-refractivity contribution in [3.05, 3.63) is 65.7 Å². The topological polar surface area (TPSA) is 66.8 Å². The number of aliphatic hydroxyl groups excluding tert-OH is 1. The van der Waals surface area contributed by atoms with Gasteiger partial charge in [-0.05, 0) is 36.1 Å². The molecule has 2 aromatic rings. The summed E-state index contributed by atoms with van der Waals surface area (Å²) in [6.07, 6.45) is 0.0177. The summed E-state index contributed by atoms with van der Waals surface area (Å²) >= 11 is 0. The number of rotatable bonds is 5. The van der Waals surface area contributed by atoms with Gasteiger partial charge in [-0.15, -0.1) is 0 Å². The summed E-state index contributed by atoms with van der Waals surface area (Å²) < 4.78 is 5.70. The maximum Gasteiger partial charge on any atom is 0.314 e. The van der Waals surface area contributed by atoms with Crippen LogP contribution in [-0.4, -0.2) is 22.3 Å². The molecular weight excluding hydrogens is 280 g/mol. The third kappa shape index (κ3) is 2.70. The first-order valence-corrected chi connectivity index (χ1v) is 7.29. The fourth-order valence-electron chi connectivity index (χ4n) is 2.89. The zero-order chi connectivity index (χ0) is 15.6. The van der Waals surface area contributed by atoms with Crippen molar-refractivity contribution in [1.82, 2.24) is 0 Å². The molecule has 1 saturated carbocycles. The summed E-state index contributed by atoms with van der Waals surface area (Å²) in [4.78, 5) is 11.5. The Bertz CT molecular complexity index is 643. The van der Waals surface area contributed by atoms with Gasteiger partial charge in [0.05, 0.1) is 11.5 Å². The highest BCUT2D eigenvalue weighted by atomic mass is 16.5. The van der Waals surface area contributed by atoms with Gasteiger partial charge >= 0.3 is 5.97 Å². The molecule has 4 nitrogen and oxygen atoms in total. The number of benzene rings is 2. The predicted molar refractivity (Wildman–Crippen MR) is 81.8 cm³/mol. The highest BCUT2D eigenvalue weighted by Crippen LogP contribution is 2.44. The zero-order valence-electron chi connectivity index (χ0n) is 12.1. The number of aliphatic carboxylic acids is 1. The highest BCUT2D eigenvalue weighted by Gasteiger charge is 2.51. The second-order valence-electron chi connectivity index (χ2n) is 5.75. The van der Waals surface area contributed by atoms with Crippen molar-refractivity contribution >= 4 is 5.97 Å². The van der Waals surface area contributed by atoms with Crippen molar-refractivity contribution in [2.24, 2.45) is 0 Å². The standard InChI is InChI=1S/C18H18O4/c19-15-10-18(11-15,17(20)21)14-6-8-16(9-7-14)22-12-13-4-2-1-3-5-13/h1-9,15,19H,10-12H2,(H,20,21). The molecule has 0 unspecified atom stereocenters. The minimum Gasteiger partial charge on any atom is -0.489 e. The maximum atomic E-state index is 11.5.